The van der Waals surface area contributed by atoms with E-state index < -0.39 is 55.8 Å². The van der Waals surface area contributed by atoms with Crippen molar-refractivity contribution in [3.05, 3.63) is 0 Å². The summed E-state index contributed by atoms with van der Waals surface area (Å²) < 4.78 is 69.8. The first-order valence-corrected chi connectivity index (χ1v) is 8.06. The van der Waals surface area contributed by atoms with Crippen molar-refractivity contribution in [3.8, 4) is 0 Å². The number of hydrogen-bond acceptors (Lipinski definition) is 3. The van der Waals surface area contributed by atoms with Crippen LogP contribution in [0.1, 0.15) is 0 Å². The molecule has 0 fully saturated rings. The second-order valence-corrected chi connectivity index (χ2v) is 3.50. The van der Waals surface area contributed by atoms with Crippen molar-refractivity contribution in [2.24, 2.45) is 0 Å². The predicted molar refractivity (Wildman–Crippen MR) is 25.3 cm³/mol. The van der Waals surface area contributed by atoms with Gasteiger partial charge in [0.1, 0.15) is 0 Å². The van der Waals surface area contributed by atoms with Crippen LogP contribution in [0.15, 0.2) is 0 Å². The summed E-state index contributed by atoms with van der Waals surface area (Å²) in [6, 6.07) is 0. The summed E-state index contributed by atoms with van der Waals surface area (Å²) >= 11 is -10.8. The SMILES string of the molecule is B.[O]=[Ti]([OH])[OH].[O]=[Ti]([OH])[OH].[O]=[Ti]([OH])[OH]. The Morgan fingerprint density at radius 2 is 0.538 bits per heavy atom. The molecule has 9 nitrogen and oxygen atoms in total. The van der Waals surface area contributed by atoms with Crippen LogP contribution in [0.4, 0.5) is 0 Å². The Bertz CT molecular complexity index is 112. The van der Waals surface area contributed by atoms with Gasteiger partial charge in [0.15, 0.2) is 0 Å². The molecule has 0 aromatic rings. The van der Waals surface area contributed by atoms with Gasteiger partial charge in [0.05, 0.1) is 8.41 Å². The van der Waals surface area contributed by atoms with E-state index in [4.69, 9.17) is 32.1 Å². The van der Waals surface area contributed by atoms with Gasteiger partial charge in [0.25, 0.3) is 0 Å². The predicted octanol–water partition coefficient (Wildman–Crippen LogP) is -4.89. The Hall–Kier alpha value is 1.37. The van der Waals surface area contributed by atoms with Crippen LogP contribution in [0.3, 0.4) is 0 Å². The molecule has 0 rings (SSSR count). The van der Waals surface area contributed by atoms with E-state index in [1.165, 1.54) is 0 Å². The quantitative estimate of drug-likeness (QED) is 0.240. The molecule has 13 heavy (non-hydrogen) atoms. The first-order chi connectivity index (χ1) is 5.20. The minimum atomic E-state index is -3.58. The van der Waals surface area contributed by atoms with Crippen LogP contribution in [-0.2, 0) is 65.8 Å². The van der Waals surface area contributed by atoms with E-state index in [1.807, 2.05) is 0 Å². The molecule has 78 valence electrons. The Morgan fingerprint density at radius 3 is 0.538 bits per heavy atom. The summed E-state index contributed by atoms with van der Waals surface area (Å²) in [5.74, 6) is 0. The maximum atomic E-state index is 8.81. The van der Waals surface area contributed by atoms with Gasteiger partial charge < -0.3 is 0 Å². The van der Waals surface area contributed by atoms with Gasteiger partial charge in [-0.2, -0.15) is 0 Å². The molecule has 0 amide bonds. The van der Waals surface area contributed by atoms with Crippen LogP contribution < -0.4 is 0 Å². The van der Waals surface area contributed by atoms with Crippen molar-refractivity contribution in [2.45, 2.75) is 0 Å². The van der Waals surface area contributed by atoms with E-state index in [9.17, 15) is 0 Å². The van der Waals surface area contributed by atoms with Crippen LogP contribution >= 0.6 is 0 Å². The van der Waals surface area contributed by atoms with Crippen LogP contribution in [0.25, 0.3) is 0 Å². The second-order valence-electron chi connectivity index (χ2n) is 0.848. The Morgan fingerprint density at radius 1 is 0.538 bits per heavy atom. The molecular formula is H9BO9Ti3. The van der Waals surface area contributed by atoms with Crippen molar-refractivity contribution in [2.75, 3.05) is 0 Å². The van der Waals surface area contributed by atoms with Gasteiger partial charge in [-0.1, -0.05) is 0 Å². The molecule has 0 bridgehead atoms. The summed E-state index contributed by atoms with van der Waals surface area (Å²) in [5.41, 5.74) is 0. The molecule has 0 radical (unpaired) electrons. The number of rotatable bonds is 0. The molecule has 0 aromatic heterocycles. The van der Waals surface area contributed by atoms with E-state index in [1.54, 1.807) is 0 Å². The van der Waals surface area contributed by atoms with Crippen molar-refractivity contribution in [1.82, 2.24) is 0 Å². The first kappa shape index (κ1) is 23.9. The van der Waals surface area contributed by atoms with E-state index in [-0.39, 0.29) is 8.41 Å². The van der Waals surface area contributed by atoms with E-state index in [0.717, 1.165) is 0 Å². The molecule has 0 aliphatic heterocycles. The maximum absolute atomic E-state index is 8.81. The van der Waals surface area contributed by atoms with Gasteiger partial charge in [0.2, 0.25) is 0 Å². The van der Waals surface area contributed by atoms with Crippen molar-refractivity contribution in [3.63, 3.8) is 0 Å². The number of hydrogen-bond donors (Lipinski definition) is 6. The third-order valence-corrected chi connectivity index (χ3v) is 0. The van der Waals surface area contributed by atoms with E-state index >= 15 is 0 Å². The molecule has 0 aliphatic rings. The molecule has 13 heteroatoms. The molecular weight excluding hydrogens is 298 g/mol. The summed E-state index contributed by atoms with van der Waals surface area (Å²) in [6.07, 6.45) is 0. The van der Waals surface area contributed by atoms with Gasteiger partial charge in [-0.3, -0.25) is 0 Å². The fourth-order valence-electron chi connectivity index (χ4n) is 0. The molecule has 0 spiro atoms. The third-order valence-electron chi connectivity index (χ3n) is 0. The van der Waals surface area contributed by atoms with Crippen molar-refractivity contribution >= 4 is 8.41 Å². The zero-order chi connectivity index (χ0) is 10.7. The molecule has 0 aromatic carbocycles. The second kappa shape index (κ2) is 19.0. The Labute approximate surface area is 95.5 Å². The third kappa shape index (κ3) is 923. The monoisotopic (exact) mass is 308 g/mol. The van der Waals surface area contributed by atoms with Gasteiger partial charge in [-0.25, -0.2) is 0 Å². The summed E-state index contributed by atoms with van der Waals surface area (Å²) in [7, 11) is 0. The van der Waals surface area contributed by atoms with Gasteiger partial charge in [0, 0.05) is 0 Å². The molecule has 0 saturated carbocycles. The fourth-order valence-corrected chi connectivity index (χ4v) is 0. The topological polar surface area (TPSA) is 173 Å². The van der Waals surface area contributed by atoms with Gasteiger partial charge in [-0.15, -0.1) is 0 Å². The van der Waals surface area contributed by atoms with Crippen molar-refractivity contribution < 1.29 is 88.0 Å². The Kier molecular flexibility index (Phi) is 35.0. The molecule has 0 unspecified atom stereocenters. The average Bonchev–Trinajstić information content (AvgIpc) is 1.54. The van der Waals surface area contributed by atoms with E-state index in [0.29, 0.717) is 0 Å². The summed E-state index contributed by atoms with van der Waals surface area (Å²) in [5, 5.41) is 0. The van der Waals surface area contributed by atoms with Gasteiger partial charge >= 0.3 is 88.0 Å². The first-order valence-electron chi connectivity index (χ1n) is 1.95. The summed E-state index contributed by atoms with van der Waals surface area (Å²) in [6.45, 7) is 0. The normalized spacial score (nSPS) is 6.00. The standard InChI is InChI=1S/BH3.6H2O.3O.3Ti/h1H3;6*1H2;;;;;;/q;;;;;;;;;;3*+2/p-6. The van der Waals surface area contributed by atoms with Gasteiger partial charge in [-0.05, 0) is 0 Å². The molecule has 0 atom stereocenters. The van der Waals surface area contributed by atoms with Crippen LogP contribution in [0.2, 0.25) is 0 Å². The van der Waals surface area contributed by atoms with E-state index in [2.05, 4.69) is 0 Å². The zero-order valence-electron chi connectivity index (χ0n) is 5.41. The van der Waals surface area contributed by atoms with Crippen LogP contribution in [-0.4, -0.2) is 30.5 Å². The average molecular weight is 307 g/mol. The van der Waals surface area contributed by atoms with Crippen molar-refractivity contribution in [1.29, 1.82) is 0 Å². The molecule has 6 N–H and O–H groups in total. The molecule has 0 aliphatic carbocycles. The fraction of sp³-hybridized carbons (Fsp3) is 0. The Balaban J connectivity index is -0.0000000450. The zero-order valence-corrected chi connectivity index (χ0v) is 10.1. The summed E-state index contributed by atoms with van der Waals surface area (Å²) in [4.78, 5) is 0. The van der Waals surface area contributed by atoms with Crippen LogP contribution in [0.5, 0.6) is 0 Å². The molecule has 0 heterocycles. The minimum absolute atomic E-state index is 0. The molecule has 0 saturated heterocycles. The van der Waals surface area contributed by atoms with Crippen LogP contribution in [0, 0.1) is 0 Å².